The Morgan fingerprint density at radius 1 is 0.725 bits per heavy atom. The number of fused-ring (bicyclic) bond motifs is 5. The summed E-state index contributed by atoms with van der Waals surface area (Å²) in [5.74, 6) is 0. The zero-order valence-electron chi connectivity index (χ0n) is 28.9. The summed E-state index contributed by atoms with van der Waals surface area (Å²) >= 11 is 0. The molecule has 1 aliphatic carbocycles. The number of dihydropyridines is 1. The summed E-state index contributed by atoms with van der Waals surface area (Å²) in [7, 11) is 0. The van der Waals surface area contributed by atoms with Crippen LogP contribution in [0.1, 0.15) is 43.0 Å². The van der Waals surface area contributed by atoms with Gasteiger partial charge in [-0.2, -0.15) is 10.5 Å². The van der Waals surface area contributed by atoms with E-state index in [-0.39, 0.29) is 5.41 Å². The van der Waals surface area contributed by atoms with E-state index < -0.39 is 0 Å². The van der Waals surface area contributed by atoms with Crippen LogP contribution in [0.3, 0.4) is 0 Å². The van der Waals surface area contributed by atoms with E-state index in [1.807, 2.05) is 12.2 Å². The van der Waals surface area contributed by atoms with Crippen molar-refractivity contribution in [1.29, 1.82) is 10.5 Å². The number of rotatable bonds is 5. The molecule has 51 heavy (non-hydrogen) atoms. The molecule has 0 saturated carbocycles. The van der Waals surface area contributed by atoms with Crippen molar-refractivity contribution in [2.45, 2.75) is 26.2 Å². The monoisotopic (exact) mass is 656 g/mol. The number of nitrogens with one attached hydrogen (secondary N) is 1. The van der Waals surface area contributed by atoms with E-state index in [0.29, 0.717) is 17.7 Å². The first-order valence-corrected chi connectivity index (χ1v) is 17.2. The van der Waals surface area contributed by atoms with Crippen molar-refractivity contribution in [3.63, 3.8) is 0 Å². The Labute approximate surface area is 298 Å². The fourth-order valence-corrected chi connectivity index (χ4v) is 7.97. The minimum atomic E-state index is -0.154. The summed E-state index contributed by atoms with van der Waals surface area (Å²) < 4.78 is 0. The smallest absolute Gasteiger partial charge is 0.101 e. The van der Waals surface area contributed by atoms with Crippen molar-refractivity contribution in [3.05, 3.63) is 167 Å². The van der Waals surface area contributed by atoms with E-state index in [1.54, 1.807) is 19.3 Å². The van der Waals surface area contributed by atoms with Crippen LogP contribution in [0.15, 0.2) is 145 Å². The standard InChI is InChI=1S/C47H36N4/c1-29(24-48)20-35(26-50)31-12-16-34(17-13-31)46-39-10-5-4-9-38(39)45(33-18-14-32(15-19-33)36-21-30(25-49)27-51-28-36)41-22-40-37-8-6-7-11-43(37)47(2,3)44(40)23-42(41)46/h4-23,26-27,51H,28,50H2,1-3H3/b29-20+,35-26+. The summed E-state index contributed by atoms with van der Waals surface area (Å²) in [5, 5.41) is 26.9. The molecule has 0 amide bonds. The van der Waals surface area contributed by atoms with Crippen LogP contribution >= 0.6 is 0 Å². The molecule has 244 valence electrons. The van der Waals surface area contributed by atoms with Gasteiger partial charge in [-0.15, -0.1) is 0 Å². The van der Waals surface area contributed by atoms with Gasteiger partial charge in [-0.1, -0.05) is 111 Å². The van der Waals surface area contributed by atoms with Gasteiger partial charge in [0.15, 0.2) is 0 Å². The predicted molar refractivity (Wildman–Crippen MR) is 211 cm³/mol. The Hall–Kier alpha value is -6.62. The highest BCUT2D eigenvalue weighted by Crippen LogP contribution is 2.53. The Morgan fingerprint density at radius 2 is 1.33 bits per heavy atom. The lowest BCUT2D eigenvalue weighted by molar-refractivity contribution is 0.661. The highest BCUT2D eigenvalue weighted by Gasteiger charge is 2.36. The first kappa shape index (κ1) is 31.6. The first-order chi connectivity index (χ1) is 24.8. The molecule has 1 aliphatic heterocycles. The SMILES string of the molecule is C/C(C#N)=C\C(=C/N)c1ccc(-c2c3ccccc3c(-c3ccc(C4=CC(C#N)=CNC4)cc3)c3cc4c(cc23)C(C)(C)c2ccccc2-4)cc1. The number of allylic oxidation sites excluding steroid dienone is 5. The van der Waals surface area contributed by atoms with Gasteiger partial charge >= 0.3 is 0 Å². The highest BCUT2D eigenvalue weighted by atomic mass is 14.8. The van der Waals surface area contributed by atoms with Crippen LogP contribution in [-0.4, -0.2) is 6.54 Å². The van der Waals surface area contributed by atoms with Crippen molar-refractivity contribution in [3.8, 4) is 45.5 Å². The summed E-state index contributed by atoms with van der Waals surface area (Å²) in [5.41, 5.74) is 21.0. The minimum absolute atomic E-state index is 0.154. The number of nitrogens with zero attached hydrogens (tertiary/aromatic N) is 2. The molecular weight excluding hydrogens is 621 g/mol. The molecule has 0 bridgehead atoms. The van der Waals surface area contributed by atoms with Crippen molar-refractivity contribution >= 4 is 32.7 Å². The summed E-state index contributed by atoms with van der Waals surface area (Å²) in [4.78, 5) is 0. The number of benzene rings is 6. The normalized spacial score (nSPS) is 14.9. The average molecular weight is 657 g/mol. The lowest BCUT2D eigenvalue weighted by atomic mass is 9.79. The lowest BCUT2D eigenvalue weighted by Gasteiger charge is -2.24. The molecule has 0 radical (unpaired) electrons. The molecule has 4 nitrogen and oxygen atoms in total. The third-order valence-electron chi connectivity index (χ3n) is 10.5. The number of nitrogens with two attached hydrogens (primary N) is 1. The topological polar surface area (TPSA) is 85.6 Å². The van der Waals surface area contributed by atoms with Crippen LogP contribution in [0.4, 0.5) is 0 Å². The van der Waals surface area contributed by atoms with Crippen molar-refractivity contribution < 1.29 is 0 Å². The minimum Gasteiger partial charge on any atom is -0.404 e. The molecule has 6 aromatic rings. The summed E-state index contributed by atoms with van der Waals surface area (Å²) in [6.45, 7) is 7.13. The van der Waals surface area contributed by atoms with Gasteiger partial charge < -0.3 is 11.1 Å². The fourth-order valence-electron chi connectivity index (χ4n) is 7.97. The van der Waals surface area contributed by atoms with E-state index in [9.17, 15) is 10.5 Å². The Bertz CT molecular complexity index is 2620. The molecule has 0 unspecified atom stereocenters. The summed E-state index contributed by atoms with van der Waals surface area (Å²) in [6, 6.07) is 44.2. The Balaban J connectivity index is 1.40. The van der Waals surface area contributed by atoms with Crippen molar-refractivity contribution in [2.24, 2.45) is 5.73 Å². The van der Waals surface area contributed by atoms with Gasteiger partial charge in [0.1, 0.15) is 6.07 Å². The van der Waals surface area contributed by atoms with E-state index in [1.165, 1.54) is 54.9 Å². The zero-order chi connectivity index (χ0) is 35.3. The van der Waals surface area contributed by atoms with Crippen molar-refractivity contribution in [2.75, 3.05) is 6.54 Å². The van der Waals surface area contributed by atoms with Crippen LogP contribution in [0.2, 0.25) is 0 Å². The Morgan fingerprint density at radius 3 is 1.98 bits per heavy atom. The summed E-state index contributed by atoms with van der Waals surface area (Å²) in [6.07, 6.45) is 7.11. The molecule has 0 spiro atoms. The third-order valence-corrected chi connectivity index (χ3v) is 10.5. The van der Waals surface area contributed by atoms with Crippen LogP contribution in [0.25, 0.3) is 66.1 Å². The molecule has 0 fully saturated rings. The van der Waals surface area contributed by atoms with Crippen LogP contribution in [-0.2, 0) is 5.41 Å². The number of hydrogen-bond donors (Lipinski definition) is 2. The lowest BCUT2D eigenvalue weighted by Crippen LogP contribution is -2.14. The molecule has 2 aliphatic rings. The van der Waals surface area contributed by atoms with Gasteiger partial charge in [0, 0.05) is 29.9 Å². The quantitative estimate of drug-likeness (QED) is 0.110. The highest BCUT2D eigenvalue weighted by molar-refractivity contribution is 6.22. The van der Waals surface area contributed by atoms with Gasteiger partial charge in [-0.3, -0.25) is 0 Å². The van der Waals surface area contributed by atoms with E-state index in [0.717, 1.165) is 33.4 Å². The maximum Gasteiger partial charge on any atom is 0.101 e. The zero-order valence-corrected chi connectivity index (χ0v) is 28.9. The average Bonchev–Trinajstić information content (AvgIpc) is 3.40. The third kappa shape index (κ3) is 5.21. The predicted octanol–water partition coefficient (Wildman–Crippen LogP) is 10.8. The maximum atomic E-state index is 9.48. The molecular formula is C47H36N4. The second-order valence-corrected chi connectivity index (χ2v) is 13.9. The molecule has 0 saturated heterocycles. The van der Waals surface area contributed by atoms with Crippen LogP contribution in [0.5, 0.6) is 0 Å². The largest absolute Gasteiger partial charge is 0.404 e. The second kappa shape index (κ2) is 12.4. The molecule has 1 heterocycles. The van der Waals surface area contributed by atoms with E-state index in [4.69, 9.17) is 5.73 Å². The first-order valence-electron chi connectivity index (χ1n) is 17.2. The van der Waals surface area contributed by atoms with E-state index in [2.05, 4.69) is 140 Å². The van der Waals surface area contributed by atoms with Gasteiger partial charge in [0.2, 0.25) is 0 Å². The molecule has 3 N–H and O–H groups in total. The van der Waals surface area contributed by atoms with Gasteiger partial charge in [-0.05, 0) is 120 Å². The second-order valence-electron chi connectivity index (χ2n) is 13.9. The molecule has 6 aromatic carbocycles. The molecule has 0 atom stereocenters. The fraction of sp³-hybridized carbons (Fsp3) is 0.106. The molecule has 4 heteroatoms. The van der Waals surface area contributed by atoms with Gasteiger partial charge in [0.05, 0.1) is 11.6 Å². The maximum absolute atomic E-state index is 9.48. The van der Waals surface area contributed by atoms with Gasteiger partial charge in [-0.25, -0.2) is 0 Å². The van der Waals surface area contributed by atoms with Crippen LogP contribution < -0.4 is 11.1 Å². The Kier molecular flexibility index (Phi) is 7.67. The van der Waals surface area contributed by atoms with Crippen LogP contribution in [0, 0.1) is 22.7 Å². The number of nitriles is 2. The van der Waals surface area contributed by atoms with E-state index >= 15 is 0 Å². The molecule has 0 aromatic heterocycles. The molecule has 8 rings (SSSR count). The van der Waals surface area contributed by atoms with Gasteiger partial charge in [0.25, 0.3) is 0 Å². The number of hydrogen-bond acceptors (Lipinski definition) is 4. The van der Waals surface area contributed by atoms with Crippen molar-refractivity contribution in [1.82, 2.24) is 5.32 Å².